The molecule has 2 aromatic carbocycles. The van der Waals surface area contributed by atoms with Gasteiger partial charge in [0.15, 0.2) is 0 Å². The van der Waals surface area contributed by atoms with Crippen LogP contribution >= 0.6 is 0 Å². The summed E-state index contributed by atoms with van der Waals surface area (Å²) in [5.41, 5.74) is 6.03. The van der Waals surface area contributed by atoms with Gasteiger partial charge in [-0.2, -0.15) is 0 Å². The van der Waals surface area contributed by atoms with Gasteiger partial charge in [0.25, 0.3) is 0 Å². The molecule has 0 unspecified atom stereocenters. The number of hydrogen-bond acceptors (Lipinski definition) is 0. The van der Waals surface area contributed by atoms with Crippen LogP contribution in [0.2, 0.25) is 0 Å². The van der Waals surface area contributed by atoms with Crippen LogP contribution in [0, 0.1) is 11.8 Å². The molecule has 4 aliphatic carbocycles. The monoisotopic (exact) mass is 278 g/mol. The van der Waals surface area contributed by atoms with E-state index in [-0.39, 0.29) is 0 Å². The summed E-state index contributed by atoms with van der Waals surface area (Å²) in [4.78, 5) is 0. The lowest BCUT2D eigenvalue weighted by Crippen LogP contribution is -2.23. The molecule has 0 spiro atoms. The fraction of sp³-hybridized carbons (Fsp3) is 0.0909. The van der Waals surface area contributed by atoms with E-state index in [0.717, 1.165) is 0 Å². The fourth-order valence-electron chi connectivity index (χ4n) is 4.83. The molecule has 0 atom stereocenters. The van der Waals surface area contributed by atoms with Crippen LogP contribution in [-0.4, -0.2) is 0 Å². The molecule has 0 heteroatoms. The smallest absolute Gasteiger partial charge is 0.0211 e. The van der Waals surface area contributed by atoms with Crippen molar-refractivity contribution in [2.24, 2.45) is 11.8 Å². The highest BCUT2D eigenvalue weighted by molar-refractivity contribution is 5.97. The maximum atomic E-state index is 2.36. The van der Waals surface area contributed by atoms with E-state index in [1.807, 2.05) is 0 Å². The summed E-state index contributed by atoms with van der Waals surface area (Å²) in [7, 11) is 0. The summed E-state index contributed by atoms with van der Waals surface area (Å²) >= 11 is 0. The second-order valence-corrected chi connectivity index (χ2v) is 6.53. The Morgan fingerprint density at radius 3 is 0.955 bits per heavy atom. The highest BCUT2D eigenvalue weighted by Gasteiger charge is 2.41. The largest absolute Gasteiger partial charge is 0.0616 e. The molecule has 0 radical (unpaired) electrons. The molecule has 22 heavy (non-hydrogen) atoms. The number of fused-ring (bicyclic) bond motifs is 2. The molecule has 0 bridgehead atoms. The highest BCUT2D eigenvalue weighted by atomic mass is 14.4. The molecule has 0 amide bonds. The average molecular weight is 278 g/mol. The van der Waals surface area contributed by atoms with Crippen LogP contribution < -0.4 is 20.9 Å². The molecule has 0 nitrogen and oxygen atoms in total. The van der Waals surface area contributed by atoms with Crippen LogP contribution in [-0.2, 0) is 0 Å². The third kappa shape index (κ3) is 1.09. The fourth-order valence-corrected chi connectivity index (χ4v) is 4.83. The number of rotatable bonds is 0. The summed E-state index contributed by atoms with van der Waals surface area (Å²) < 4.78 is 0. The minimum absolute atomic E-state index is 0.518. The maximum Gasteiger partial charge on any atom is 0.0211 e. The Hall–Kier alpha value is -2.60. The van der Waals surface area contributed by atoms with Gasteiger partial charge in [0.05, 0.1) is 0 Å². The van der Waals surface area contributed by atoms with Gasteiger partial charge in [0, 0.05) is 11.8 Å². The molecular formula is C22H14. The first-order valence-corrected chi connectivity index (χ1v) is 7.96. The SMILES string of the molecule is C1=CC2=c3ccccc3=C3C=CC4=c5ccccc5=C1C4C23. The molecule has 0 N–H and O–H groups in total. The molecule has 4 aliphatic rings. The molecule has 0 aromatic heterocycles. The Morgan fingerprint density at radius 2 is 0.682 bits per heavy atom. The van der Waals surface area contributed by atoms with Gasteiger partial charge < -0.3 is 0 Å². The molecule has 0 aliphatic heterocycles. The molecule has 6 rings (SSSR count). The minimum Gasteiger partial charge on any atom is -0.0616 e. The Balaban J connectivity index is 1.86. The van der Waals surface area contributed by atoms with Crippen molar-refractivity contribution in [3.05, 3.63) is 93.7 Å². The van der Waals surface area contributed by atoms with E-state index >= 15 is 0 Å². The second kappa shape index (κ2) is 3.59. The lowest BCUT2D eigenvalue weighted by Gasteiger charge is -2.33. The molecular weight excluding hydrogens is 264 g/mol. The predicted molar refractivity (Wildman–Crippen MR) is 90.3 cm³/mol. The molecule has 2 aromatic rings. The minimum atomic E-state index is 0.518. The first-order chi connectivity index (χ1) is 10.9. The van der Waals surface area contributed by atoms with E-state index in [1.54, 1.807) is 0 Å². The van der Waals surface area contributed by atoms with E-state index in [4.69, 9.17) is 0 Å². The van der Waals surface area contributed by atoms with Crippen molar-refractivity contribution in [2.75, 3.05) is 0 Å². The second-order valence-electron chi connectivity index (χ2n) is 6.53. The Labute approximate surface area is 128 Å². The average Bonchev–Trinajstić information content (AvgIpc) is 3.08. The lowest BCUT2D eigenvalue weighted by atomic mass is 9.70. The van der Waals surface area contributed by atoms with Crippen molar-refractivity contribution >= 4 is 22.3 Å². The van der Waals surface area contributed by atoms with E-state index in [0.29, 0.717) is 11.8 Å². The van der Waals surface area contributed by atoms with Gasteiger partial charge in [-0.05, 0) is 43.2 Å². The first kappa shape index (κ1) is 11.0. The van der Waals surface area contributed by atoms with Crippen molar-refractivity contribution in [1.29, 1.82) is 0 Å². The summed E-state index contributed by atoms with van der Waals surface area (Å²) in [5.74, 6) is 1.04. The Bertz CT molecular complexity index is 984. The number of allylic oxidation sites excluding steroid dienone is 4. The topological polar surface area (TPSA) is 0 Å². The van der Waals surface area contributed by atoms with Crippen LogP contribution in [0.5, 0.6) is 0 Å². The summed E-state index contributed by atoms with van der Waals surface area (Å²) in [5, 5.41) is 5.72. The van der Waals surface area contributed by atoms with Crippen molar-refractivity contribution in [3.8, 4) is 0 Å². The van der Waals surface area contributed by atoms with Gasteiger partial charge in [-0.25, -0.2) is 0 Å². The summed E-state index contributed by atoms with van der Waals surface area (Å²) in [6.07, 6.45) is 9.45. The van der Waals surface area contributed by atoms with Gasteiger partial charge >= 0.3 is 0 Å². The van der Waals surface area contributed by atoms with E-state index in [2.05, 4.69) is 72.8 Å². The first-order valence-electron chi connectivity index (χ1n) is 7.96. The summed E-state index contributed by atoms with van der Waals surface area (Å²) in [6, 6.07) is 17.8. The quantitative estimate of drug-likeness (QED) is 0.683. The van der Waals surface area contributed by atoms with Gasteiger partial charge in [-0.3, -0.25) is 0 Å². The van der Waals surface area contributed by atoms with Crippen LogP contribution in [0.4, 0.5) is 0 Å². The van der Waals surface area contributed by atoms with Crippen molar-refractivity contribution in [1.82, 2.24) is 0 Å². The molecule has 0 heterocycles. The Morgan fingerprint density at radius 1 is 0.409 bits per heavy atom. The van der Waals surface area contributed by atoms with Crippen molar-refractivity contribution < 1.29 is 0 Å². The van der Waals surface area contributed by atoms with E-state index in [1.165, 1.54) is 43.2 Å². The van der Waals surface area contributed by atoms with Crippen LogP contribution in [0.15, 0.2) is 72.8 Å². The summed E-state index contributed by atoms with van der Waals surface area (Å²) in [6.45, 7) is 0. The van der Waals surface area contributed by atoms with E-state index < -0.39 is 0 Å². The lowest BCUT2D eigenvalue weighted by molar-refractivity contribution is 0.746. The standard InChI is InChI=1S/C22H14/c1-2-6-14-13(5-1)17-9-10-19-15-7-3-4-8-16(15)20-12-11-18(14)21(17)22(19)20/h1-12,21-22H. The van der Waals surface area contributed by atoms with Crippen molar-refractivity contribution in [2.45, 2.75) is 0 Å². The zero-order valence-electron chi connectivity index (χ0n) is 12.1. The predicted octanol–water partition coefficient (Wildman–Crippen LogP) is 1.39. The van der Waals surface area contributed by atoms with Crippen LogP contribution in [0.3, 0.4) is 0 Å². The van der Waals surface area contributed by atoms with Gasteiger partial charge in [0.2, 0.25) is 0 Å². The van der Waals surface area contributed by atoms with Gasteiger partial charge in [0.1, 0.15) is 0 Å². The van der Waals surface area contributed by atoms with Gasteiger partial charge in [-0.1, -0.05) is 72.8 Å². The molecule has 102 valence electrons. The zero-order valence-corrected chi connectivity index (χ0v) is 12.1. The van der Waals surface area contributed by atoms with Crippen LogP contribution in [0.25, 0.3) is 22.3 Å². The normalized spacial score (nSPS) is 25.5. The third-order valence-electron chi connectivity index (χ3n) is 5.66. The zero-order chi connectivity index (χ0) is 14.3. The third-order valence-corrected chi connectivity index (χ3v) is 5.66. The number of benzene rings is 2. The number of hydrogen-bond donors (Lipinski definition) is 0. The highest BCUT2D eigenvalue weighted by Crippen LogP contribution is 2.49. The van der Waals surface area contributed by atoms with Gasteiger partial charge in [-0.15, -0.1) is 0 Å². The van der Waals surface area contributed by atoms with Crippen molar-refractivity contribution in [3.63, 3.8) is 0 Å². The Kier molecular flexibility index (Phi) is 1.80. The molecule has 0 fully saturated rings. The maximum absolute atomic E-state index is 2.36. The molecule has 0 saturated carbocycles. The van der Waals surface area contributed by atoms with Crippen LogP contribution in [0.1, 0.15) is 0 Å². The van der Waals surface area contributed by atoms with E-state index in [9.17, 15) is 0 Å². The molecule has 0 saturated heterocycles.